The predicted molar refractivity (Wildman–Crippen MR) is 114 cm³/mol. The summed E-state index contributed by atoms with van der Waals surface area (Å²) in [6, 6.07) is 19.7. The standard InChI is InChI=1S/C25H17N2O/c1-14-7-8-17-16-10-12-28-21(16)13-20-23(17)22(14)25-24-18(9-11-26(25)2)15-5-3-4-6-19(15)27(20)24/h3-13H,1-2H3/q+1. The van der Waals surface area contributed by atoms with E-state index in [1.54, 1.807) is 6.26 Å². The molecule has 0 radical (unpaired) electrons. The molecule has 0 aliphatic heterocycles. The lowest BCUT2D eigenvalue weighted by Crippen LogP contribution is -2.28. The van der Waals surface area contributed by atoms with Crippen LogP contribution in [0.4, 0.5) is 0 Å². The molecule has 0 N–H and O–H groups in total. The number of hydrogen-bond donors (Lipinski definition) is 0. The average molecular weight is 361 g/mol. The molecule has 3 heteroatoms. The molecule has 7 aromatic rings. The molecule has 4 aromatic heterocycles. The monoisotopic (exact) mass is 361 g/mol. The lowest BCUT2D eigenvalue weighted by molar-refractivity contribution is -0.644. The van der Waals surface area contributed by atoms with Crippen molar-refractivity contribution < 1.29 is 8.98 Å². The maximum Gasteiger partial charge on any atom is 0.238 e. The number of benzene rings is 3. The minimum Gasteiger partial charge on any atom is -0.464 e. The molecular formula is C25H17N2O+. The first-order chi connectivity index (χ1) is 13.7. The minimum absolute atomic E-state index is 0.937. The van der Waals surface area contributed by atoms with Gasteiger partial charge in [0.15, 0.2) is 6.20 Å². The lowest BCUT2D eigenvalue weighted by atomic mass is 9.96. The number of hydrogen-bond acceptors (Lipinski definition) is 1. The van der Waals surface area contributed by atoms with E-state index in [0.29, 0.717) is 0 Å². The smallest absolute Gasteiger partial charge is 0.238 e. The molecule has 0 saturated heterocycles. The summed E-state index contributed by atoms with van der Waals surface area (Å²) in [5.41, 5.74) is 7.25. The maximum absolute atomic E-state index is 5.84. The normalized spacial score (nSPS) is 12.6. The second kappa shape index (κ2) is 4.63. The Kier molecular flexibility index (Phi) is 2.39. The fourth-order valence-corrected chi connectivity index (χ4v) is 5.17. The molecule has 0 fully saturated rings. The highest BCUT2D eigenvalue weighted by Gasteiger charge is 2.25. The van der Waals surface area contributed by atoms with Crippen molar-refractivity contribution in [3.63, 3.8) is 0 Å². The highest BCUT2D eigenvalue weighted by Crippen LogP contribution is 2.42. The van der Waals surface area contributed by atoms with Crippen molar-refractivity contribution in [1.29, 1.82) is 0 Å². The van der Waals surface area contributed by atoms with Crippen LogP contribution in [0.1, 0.15) is 5.56 Å². The van der Waals surface area contributed by atoms with Crippen LogP contribution in [0.3, 0.4) is 0 Å². The molecule has 0 atom stereocenters. The fraction of sp³-hybridized carbons (Fsp3) is 0.0800. The zero-order valence-corrected chi connectivity index (χ0v) is 15.7. The summed E-state index contributed by atoms with van der Waals surface area (Å²) in [6.07, 6.45) is 3.98. The second-order valence-electron chi connectivity index (χ2n) is 7.80. The number of aromatic nitrogens is 2. The van der Waals surface area contributed by atoms with E-state index in [4.69, 9.17) is 4.42 Å². The van der Waals surface area contributed by atoms with Crippen LogP contribution >= 0.6 is 0 Å². The number of fused-ring (bicyclic) bond motifs is 7. The summed E-state index contributed by atoms with van der Waals surface area (Å²) in [6.45, 7) is 2.22. The second-order valence-corrected chi connectivity index (χ2v) is 7.80. The van der Waals surface area contributed by atoms with E-state index >= 15 is 0 Å². The lowest BCUT2D eigenvalue weighted by Gasteiger charge is -2.13. The van der Waals surface area contributed by atoms with Crippen LogP contribution in [0.2, 0.25) is 0 Å². The van der Waals surface area contributed by atoms with Crippen molar-refractivity contribution in [3.8, 4) is 0 Å². The molecule has 132 valence electrons. The van der Waals surface area contributed by atoms with Gasteiger partial charge in [-0.1, -0.05) is 30.3 Å². The Labute approximate surface area is 160 Å². The average Bonchev–Trinajstić information content (AvgIpc) is 3.31. The van der Waals surface area contributed by atoms with Crippen molar-refractivity contribution in [2.45, 2.75) is 6.92 Å². The van der Waals surface area contributed by atoms with Gasteiger partial charge in [-0.15, -0.1) is 0 Å². The number of rotatable bonds is 0. The fourth-order valence-electron chi connectivity index (χ4n) is 5.17. The molecule has 7 rings (SSSR count). The maximum atomic E-state index is 5.84. The van der Waals surface area contributed by atoms with E-state index in [-0.39, 0.29) is 0 Å². The number of pyridine rings is 2. The molecule has 0 bridgehead atoms. The van der Waals surface area contributed by atoms with Gasteiger partial charge in [0, 0.05) is 33.7 Å². The molecule has 0 aliphatic rings. The van der Waals surface area contributed by atoms with E-state index in [0.717, 1.165) is 5.58 Å². The first-order valence-corrected chi connectivity index (χ1v) is 9.60. The highest BCUT2D eigenvalue weighted by atomic mass is 16.3. The van der Waals surface area contributed by atoms with Crippen molar-refractivity contribution in [1.82, 2.24) is 4.40 Å². The molecule has 0 spiro atoms. The van der Waals surface area contributed by atoms with Crippen molar-refractivity contribution >= 4 is 60.0 Å². The summed E-state index contributed by atoms with van der Waals surface area (Å²) >= 11 is 0. The van der Waals surface area contributed by atoms with E-state index in [1.165, 1.54) is 59.9 Å². The van der Waals surface area contributed by atoms with Gasteiger partial charge in [-0.05, 0) is 30.0 Å². The SMILES string of the molecule is Cc1ccc2c3ccoc3cc3c2c1c1c2c(cc[n+]1C)c1ccccc1n32. The molecule has 28 heavy (non-hydrogen) atoms. The quantitative estimate of drug-likeness (QED) is 0.188. The van der Waals surface area contributed by atoms with Crippen LogP contribution < -0.4 is 4.57 Å². The summed E-state index contributed by atoms with van der Waals surface area (Å²) < 4.78 is 10.5. The van der Waals surface area contributed by atoms with Gasteiger partial charge in [0.1, 0.15) is 18.1 Å². The Morgan fingerprint density at radius 2 is 1.71 bits per heavy atom. The summed E-state index contributed by atoms with van der Waals surface area (Å²) in [4.78, 5) is 0. The number of nitrogens with zero attached hydrogens (tertiary/aromatic N) is 2. The van der Waals surface area contributed by atoms with Crippen molar-refractivity contribution in [2.75, 3.05) is 0 Å². The topological polar surface area (TPSA) is 21.4 Å². The molecule has 0 aliphatic carbocycles. The highest BCUT2D eigenvalue weighted by molar-refractivity contribution is 6.29. The summed E-state index contributed by atoms with van der Waals surface area (Å²) in [5, 5.41) is 7.66. The largest absolute Gasteiger partial charge is 0.464 e. The molecular weight excluding hydrogens is 344 g/mol. The van der Waals surface area contributed by atoms with Gasteiger partial charge in [0.25, 0.3) is 0 Å². The Balaban J connectivity index is 2.02. The third kappa shape index (κ3) is 1.48. The third-order valence-corrected chi connectivity index (χ3v) is 6.36. The van der Waals surface area contributed by atoms with Crippen LogP contribution in [0.15, 0.2) is 71.5 Å². The van der Waals surface area contributed by atoms with Crippen LogP contribution in [0, 0.1) is 6.92 Å². The van der Waals surface area contributed by atoms with Crippen LogP contribution in [0.5, 0.6) is 0 Å². The van der Waals surface area contributed by atoms with E-state index in [9.17, 15) is 0 Å². The van der Waals surface area contributed by atoms with E-state index < -0.39 is 0 Å². The van der Waals surface area contributed by atoms with Crippen molar-refractivity contribution in [3.05, 3.63) is 72.6 Å². The van der Waals surface area contributed by atoms with E-state index in [1.807, 2.05) is 0 Å². The molecule has 3 aromatic carbocycles. The van der Waals surface area contributed by atoms with E-state index in [2.05, 4.69) is 83.7 Å². The molecule has 0 amide bonds. The van der Waals surface area contributed by atoms with Gasteiger partial charge >= 0.3 is 0 Å². The Hall–Kier alpha value is -3.59. The van der Waals surface area contributed by atoms with Gasteiger partial charge in [-0.2, -0.15) is 4.57 Å². The Morgan fingerprint density at radius 1 is 0.821 bits per heavy atom. The van der Waals surface area contributed by atoms with Gasteiger partial charge in [-0.3, -0.25) is 0 Å². The van der Waals surface area contributed by atoms with Gasteiger partial charge in [-0.25, -0.2) is 0 Å². The number of aryl methyl sites for hydroxylation is 2. The van der Waals surface area contributed by atoms with Crippen LogP contribution in [-0.4, -0.2) is 4.40 Å². The molecule has 4 heterocycles. The third-order valence-electron chi connectivity index (χ3n) is 6.36. The van der Waals surface area contributed by atoms with Gasteiger partial charge < -0.3 is 8.82 Å². The first-order valence-electron chi connectivity index (χ1n) is 9.60. The van der Waals surface area contributed by atoms with Crippen LogP contribution in [0.25, 0.3) is 60.0 Å². The Bertz CT molecular complexity index is 1720. The predicted octanol–water partition coefficient (Wildman–Crippen LogP) is 5.87. The van der Waals surface area contributed by atoms with Gasteiger partial charge in [0.2, 0.25) is 5.52 Å². The van der Waals surface area contributed by atoms with Gasteiger partial charge in [0.05, 0.1) is 22.7 Å². The molecule has 3 nitrogen and oxygen atoms in total. The zero-order chi connectivity index (χ0) is 18.6. The molecule has 0 unspecified atom stereocenters. The van der Waals surface area contributed by atoms with Crippen LogP contribution in [-0.2, 0) is 7.05 Å². The number of furan rings is 1. The minimum atomic E-state index is 0.937. The van der Waals surface area contributed by atoms with Crippen molar-refractivity contribution in [2.24, 2.45) is 7.05 Å². The summed E-state index contributed by atoms with van der Waals surface area (Å²) in [5.74, 6) is 0. The molecule has 0 saturated carbocycles. The summed E-state index contributed by atoms with van der Waals surface area (Å²) in [7, 11) is 2.15. The zero-order valence-electron chi connectivity index (χ0n) is 15.7. The first kappa shape index (κ1) is 14.5. The number of para-hydroxylation sites is 1. The Morgan fingerprint density at radius 3 is 2.64 bits per heavy atom.